The number of non-ortho nitro benzene ring substituents is 1. The molecule has 2 aliphatic rings. The summed E-state index contributed by atoms with van der Waals surface area (Å²) in [5.74, 6) is 0.172. The number of nitro benzene ring substituents is 1. The molecule has 1 fully saturated rings. The van der Waals surface area contributed by atoms with Gasteiger partial charge in [0.25, 0.3) is 15.7 Å². The Morgan fingerprint density at radius 2 is 1.84 bits per heavy atom. The molecule has 10 nitrogen and oxygen atoms in total. The van der Waals surface area contributed by atoms with Gasteiger partial charge in [-0.1, -0.05) is 24.3 Å². The number of amides is 1. The van der Waals surface area contributed by atoms with E-state index in [1.165, 1.54) is 12.1 Å². The van der Waals surface area contributed by atoms with Gasteiger partial charge in [-0.3, -0.25) is 19.8 Å². The van der Waals surface area contributed by atoms with Crippen LogP contribution in [-0.2, 0) is 21.4 Å². The van der Waals surface area contributed by atoms with Crippen LogP contribution >= 0.6 is 0 Å². The van der Waals surface area contributed by atoms with Crippen molar-refractivity contribution in [1.82, 2.24) is 14.7 Å². The Labute approximate surface area is 186 Å². The number of fused-ring (bicyclic) bond motifs is 1. The number of hydrogen-bond donors (Lipinski definition) is 0. The van der Waals surface area contributed by atoms with E-state index in [2.05, 4.69) is 9.30 Å². The lowest BCUT2D eigenvalue weighted by Crippen LogP contribution is -2.51. The number of amidine groups is 1. The van der Waals surface area contributed by atoms with Crippen LogP contribution in [0.5, 0.6) is 0 Å². The Kier molecular flexibility index (Phi) is 5.94. The molecule has 2 aromatic rings. The van der Waals surface area contributed by atoms with Crippen LogP contribution in [0.3, 0.4) is 0 Å². The first-order valence-corrected chi connectivity index (χ1v) is 11.6. The van der Waals surface area contributed by atoms with E-state index in [1.807, 2.05) is 6.07 Å². The molecule has 0 N–H and O–H groups in total. The Balaban J connectivity index is 1.33. The molecular formula is C21H23N5O5S. The van der Waals surface area contributed by atoms with E-state index in [9.17, 15) is 23.3 Å². The van der Waals surface area contributed by atoms with Crippen LogP contribution in [0.25, 0.3) is 0 Å². The fraction of sp³-hybridized carbons (Fsp3) is 0.333. The Morgan fingerprint density at radius 3 is 2.56 bits per heavy atom. The molecule has 0 radical (unpaired) electrons. The first-order chi connectivity index (χ1) is 15.2. The minimum atomic E-state index is -3.73. The Hall–Kier alpha value is -3.31. The molecule has 2 heterocycles. The third-order valence-corrected chi connectivity index (χ3v) is 6.92. The van der Waals surface area contributed by atoms with Crippen molar-refractivity contribution in [3.63, 3.8) is 0 Å². The van der Waals surface area contributed by atoms with Gasteiger partial charge < -0.3 is 9.80 Å². The van der Waals surface area contributed by atoms with Crippen LogP contribution in [-0.4, -0.2) is 79.6 Å². The fourth-order valence-electron chi connectivity index (χ4n) is 3.92. The first-order valence-electron chi connectivity index (χ1n) is 10.1. The molecule has 0 unspecified atom stereocenters. The summed E-state index contributed by atoms with van der Waals surface area (Å²) in [6.07, 6.45) is 0. The zero-order chi connectivity index (χ0) is 22.9. The predicted molar refractivity (Wildman–Crippen MR) is 118 cm³/mol. The summed E-state index contributed by atoms with van der Waals surface area (Å²) in [5.41, 5.74) is 1.43. The average Bonchev–Trinajstić information content (AvgIpc) is 3.06. The molecule has 4 rings (SSSR count). The van der Waals surface area contributed by atoms with E-state index in [0.29, 0.717) is 38.3 Å². The molecule has 32 heavy (non-hydrogen) atoms. The quantitative estimate of drug-likeness (QED) is 0.491. The number of likely N-dealkylation sites (N-methyl/N-ethyl adjacent to an activating group) is 1. The fourth-order valence-corrected chi connectivity index (χ4v) is 5.18. The zero-order valence-electron chi connectivity index (χ0n) is 17.5. The third-order valence-electron chi connectivity index (χ3n) is 5.60. The molecule has 2 aromatic carbocycles. The topological polar surface area (TPSA) is 116 Å². The van der Waals surface area contributed by atoms with Crippen molar-refractivity contribution < 1.29 is 18.1 Å². The van der Waals surface area contributed by atoms with Crippen molar-refractivity contribution in [1.29, 1.82) is 0 Å². The number of carbonyl (C=O) groups is 1. The lowest BCUT2D eigenvalue weighted by atomic mass is 10.1. The van der Waals surface area contributed by atoms with Crippen molar-refractivity contribution in [2.75, 3.05) is 39.8 Å². The van der Waals surface area contributed by atoms with Gasteiger partial charge in [0, 0.05) is 57.5 Å². The predicted octanol–water partition coefficient (Wildman–Crippen LogP) is 1.32. The number of carbonyl (C=O) groups excluding carboxylic acids is 1. The number of nitrogens with zero attached hydrogens (tertiary/aromatic N) is 5. The summed E-state index contributed by atoms with van der Waals surface area (Å²) in [5, 5.41) is 11.0. The highest BCUT2D eigenvalue weighted by molar-refractivity contribution is 7.90. The van der Waals surface area contributed by atoms with E-state index in [1.54, 1.807) is 47.2 Å². The van der Waals surface area contributed by atoms with Crippen molar-refractivity contribution in [2.24, 2.45) is 4.40 Å². The summed E-state index contributed by atoms with van der Waals surface area (Å²) < 4.78 is 28.3. The summed E-state index contributed by atoms with van der Waals surface area (Å²) in [6.45, 7) is 2.96. The second-order valence-corrected chi connectivity index (χ2v) is 9.40. The van der Waals surface area contributed by atoms with Crippen LogP contribution in [0.2, 0.25) is 0 Å². The third kappa shape index (κ3) is 4.48. The molecule has 11 heteroatoms. The summed E-state index contributed by atoms with van der Waals surface area (Å²) in [4.78, 5) is 29.0. The minimum Gasteiger partial charge on any atom is -0.349 e. The van der Waals surface area contributed by atoms with Crippen molar-refractivity contribution in [2.45, 2.75) is 11.4 Å². The highest BCUT2D eigenvalue weighted by Gasteiger charge is 2.32. The molecule has 1 amide bonds. The average molecular weight is 458 g/mol. The molecule has 0 spiro atoms. The van der Waals surface area contributed by atoms with Gasteiger partial charge in [-0.2, -0.15) is 8.42 Å². The maximum absolute atomic E-state index is 12.8. The lowest BCUT2D eigenvalue weighted by Gasteiger charge is -2.35. The van der Waals surface area contributed by atoms with E-state index in [4.69, 9.17) is 0 Å². The van der Waals surface area contributed by atoms with Gasteiger partial charge in [0.05, 0.1) is 11.5 Å². The second kappa shape index (κ2) is 8.67. The molecular weight excluding hydrogens is 434 g/mol. The number of benzene rings is 2. The number of nitro groups is 1. The number of piperazine rings is 1. The highest BCUT2D eigenvalue weighted by atomic mass is 32.2. The van der Waals surface area contributed by atoms with Gasteiger partial charge in [0.15, 0.2) is 5.84 Å². The molecule has 1 saturated heterocycles. The molecule has 0 aliphatic carbocycles. The van der Waals surface area contributed by atoms with E-state index in [-0.39, 0.29) is 28.9 Å². The molecule has 168 valence electrons. The van der Waals surface area contributed by atoms with Gasteiger partial charge in [0.2, 0.25) is 5.91 Å². The van der Waals surface area contributed by atoms with Crippen LogP contribution in [0.4, 0.5) is 5.69 Å². The van der Waals surface area contributed by atoms with Crippen molar-refractivity contribution in [3.05, 3.63) is 69.8 Å². The maximum atomic E-state index is 12.8. The molecule has 0 saturated carbocycles. The summed E-state index contributed by atoms with van der Waals surface area (Å²) >= 11 is 0. The van der Waals surface area contributed by atoms with Gasteiger partial charge in [-0.15, -0.1) is 4.40 Å². The van der Waals surface area contributed by atoms with Crippen LogP contribution < -0.4 is 0 Å². The minimum absolute atomic E-state index is 0.0214. The van der Waals surface area contributed by atoms with Crippen molar-refractivity contribution in [3.8, 4) is 0 Å². The Morgan fingerprint density at radius 1 is 1.12 bits per heavy atom. The maximum Gasteiger partial charge on any atom is 0.285 e. The largest absolute Gasteiger partial charge is 0.349 e. The van der Waals surface area contributed by atoms with Crippen LogP contribution in [0.15, 0.2) is 57.8 Å². The van der Waals surface area contributed by atoms with Crippen LogP contribution in [0, 0.1) is 10.1 Å². The van der Waals surface area contributed by atoms with E-state index in [0.717, 1.165) is 5.56 Å². The SMILES string of the molecule is CN(CC(=O)N1CCN(Cc2cccc([N+](=O)[O-])c2)CC1)C1=NS(=O)(=O)c2ccccc21. The molecule has 0 bridgehead atoms. The molecule has 0 atom stereocenters. The Bertz CT molecular complexity index is 1190. The number of rotatable bonds is 5. The van der Waals surface area contributed by atoms with E-state index < -0.39 is 14.9 Å². The van der Waals surface area contributed by atoms with Gasteiger partial charge in [0.1, 0.15) is 4.90 Å². The normalized spacial score (nSPS) is 17.5. The van der Waals surface area contributed by atoms with Crippen molar-refractivity contribution >= 4 is 27.5 Å². The number of sulfonamides is 1. The molecule has 0 aromatic heterocycles. The number of hydrogen-bond acceptors (Lipinski definition) is 7. The standard InChI is InChI=1S/C21H23N5O5S/c1-23(21-18-7-2-3-8-19(18)32(30,31)22-21)15-20(27)25-11-9-24(10-12-25)14-16-5-4-6-17(13-16)26(28)29/h2-8,13H,9-12,14-15H2,1H3. The van der Waals surface area contributed by atoms with E-state index >= 15 is 0 Å². The smallest absolute Gasteiger partial charge is 0.285 e. The van der Waals surface area contributed by atoms with Crippen LogP contribution in [0.1, 0.15) is 11.1 Å². The molecule has 2 aliphatic heterocycles. The summed E-state index contributed by atoms with van der Waals surface area (Å²) in [7, 11) is -2.07. The highest BCUT2D eigenvalue weighted by Crippen LogP contribution is 2.27. The van der Waals surface area contributed by atoms with Gasteiger partial charge in [-0.05, 0) is 17.7 Å². The first kappa shape index (κ1) is 21.9. The lowest BCUT2D eigenvalue weighted by molar-refractivity contribution is -0.384. The zero-order valence-corrected chi connectivity index (χ0v) is 18.4. The second-order valence-electron chi connectivity index (χ2n) is 7.83. The van der Waals surface area contributed by atoms with Gasteiger partial charge >= 0.3 is 0 Å². The summed E-state index contributed by atoms with van der Waals surface area (Å²) in [6, 6.07) is 13.2. The van der Waals surface area contributed by atoms with Gasteiger partial charge in [-0.25, -0.2) is 0 Å². The monoisotopic (exact) mass is 457 g/mol.